The van der Waals surface area contributed by atoms with Crippen molar-refractivity contribution in [3.05, 3.63) is 48.0 Å². The summed E-state index contributed by atoms with van der Waals surface area (Å²) in [6, 6.07) is 8.09. The zero-order valence-corrected chi connectivity index (χ0v) is 13.2. The second-order valence-electron chi connectivity index (χ2n) is 5.70. The molecule has 23 heavy (non-hydrogen) atoms. The topological polar surface area (TPSA) is 72.3 Å². The second kappa shape index (κ2) is 7.23. The first-order valence-electron chi connectivity index (χ1n) is 7.75. The molecule has 1 aliphatic rings. The summed E-state index contributed by atoms with van der Waals surface area (Å²) in [4.78, 5) is 17.9. The number of rotatable bonds is 4. The minimum Gasteiger partial charge on any atom is -0.375 e. The average Bonchev–Trinajstić information content (AvgIpc) is 3.07. The molecular formula is C16H21N5O2. The molecule has 2 heterocycles. The van der Waals surface area contributed by atoms with Gasteiger partial charge in [0, 0.05) is 19.6 Å². The third kappa shape index (κ3) is 4.29. The van der Waals surface area contributed by atoms with E-state index in [0.29, 0.717) is 32.8 Å². The average molecular weight is 315 g/mol. The van der Waals surface area contributed by atoms with Gasteiger partial charge >= 0.3 is 6.03 Å². The summed E-state index contributed by atoms with van der Waals surface area (Å²) < 4.78 is 7.22. The standard InChI is InChI=1S/C16H21N5O2/c1-13-9-20(6-7-23-13)16(22)18-8-14-2-4-15(5-3-14)10-21-12-17-11-19-21/h2-5,11-13H,6-10H2,1H3,(H,18,22)/t13-/m0/s1. The Morgan fingerprint density at radius 2 is 2.13 bits per heavy atom. The number of aromatic nitrogens is 3. The lowest BCUT2D eigenvalue weighted by atomic mass is 10.1. The van der Waals surface area contributed by atoms with Gasteiger partial charge in [0.2, 0.25) is 0 Å². The Balaban J connectivity index is 1.49. The molecule has 1 aliphatic heterocycles. The van der Waals surface area contributed by atoms with E-state index in [9.17, 15) is 4.79 Å². The monoisotopic (exact) mass is 315 g/mol. The fraction of sp³-hybridized carbons (Fsp3) is 0.438. The largest absolute Gasteiger partial charge is 0.375 e. The van der Waals surface area contributed by atoms with Crippen LogP contribution in [0.1, 0.15) is 18.1 Å². The van der Waals surface area contributed by atoms with Crippen LogP contribution in [-0.2, 0) is 17.8 Å². The summed E-state index contributed by atoms with van der Waals surface area (Å²) in [5, 5.41) is 7.04. The molecule has 1 aromatic heterocycles. The van der Waals surface area contributed by atoms with E-state index >= 15 is 0 Å². The molecule has 0 aliphatic carbocycles. The third-order valence-corrected chi connectivity index (χ3v) is 3.81. The van der Waals surface area contributed by atoms with Gasteiger partial charge in [0.25, 0.3) is 0 Å². The number of carbonyl (C=O) groups excluding carboxylic acids is 1. The van der Waals surface area contributed by atoms with Gasteiger partial charge in [-0.15, -0.1) is 0 Å². The normalized spacial score (nSPS) is 18.0. The molecular weight excluding hydrogens is 294 g/mol. The zero-order chi connectivity index (χ0) is 16.1. The summed E-state index contributed by atoms with van der Waals surface area (Å²) in [6.45, 7) is 5.08. The number of benzene rings is 1. The van der Waals surface area contributed by atoms with Crippen LogP contribution < -0.4 is 5.32 Å². The lowest BCUT2D eigenvalue weighted by molar-refractivity contribution is -0.00351. The number of hydrogen-bond donors (Lipinski definition) is 1. The highest BCUT2D eigenvalue weighted by atomic mass is 16.5. The van der Waals surface area contributed by atoms with Gasteiger partial charge in [-0.3, -0.25) is 0 Å². The number of urea groups is 1. The Bertz CT molecular complexity index is 626. The molecule has 7 heteroatoms. The predicted octanol–water partition coefficient (Wildman–Crippen LogP) is 1.26. The van der Waals surface area contributed by atoms with Gasteiger partial charge in [0.15, 0.2) is 0 Å². The molecule has 2 amide bonds. The minimum absolute atomic E-state index is 0.0353. The van der Waals surface area contributed by atoms with Crippen molar-refractivity contribution in [3.63, 3.8) is 0 Å². The van der Waals surface area contributed by atoms with Gasteiger partial charge in [0.05, 0.1) is 19.3 Å². The molecule has 1 aromatic carbocycles. The van der Waals surface area contributed by atoms with Crippen LogP contribution in [0.25, 0.3) is 0 Å². The summed E-state index contributed by atoms with van der Waals surface area (Å²) in [6.07, 6.45) is 3.32. The van der Waals surface area contributed by atoms with Crippen molar-refractivity contribution in [2.45, 2.75) is 26.1 Å². The Morgan fingerprint density at radius 3 is 2.83 bits per heavy atom. The Hall–Kier alpha value is -2.41. The molecule has 0 saturated carbocycles. The maximum absolute atomic E-state index is 12.1. The molecule has 2 aromatic rings. The van der Waals surface area contributed by atoms with Crippen LogP contribution in [0.15, 0.2) is 36.9 Å². The minimum atomic E-state index is -0.0353. The fourth-order valence-corrected chi connectivity index (χ4v) is 2.56. The highest BCUT2D eigenvalue weighted by Gasteiger charge is 2.20. The zero-order valence-electron chi connectivity index (χ0n) is 13.2. The molecule has 1 atom stereocenters. The number of carbonyl (C=O) groups is 1. The molecule has 0 unspecified atom stereocenters. The van der Waals surface area contributed by atoms with E-state index in [1.165, 1.54) is 6.33 Å². The van der Waals surface area contributed by atoms with Crippen LogP contribution >= 0.6 is 0 Å². The van der Waals surface area contributed by atoms with E-state index < -0.39 is 0 Å². The maximum atomic E-state index is 12.1. The molecule has 3 rings (SSSR count). The maximum Gasteiger partial charge on any atom is 0.317 e. The highest BCUT2D eigenvalue weighted by molar-refractivity contribution is 5.74. The van der Waals surface area contributed by atoms with Gasteiger partial charge in [-0.2, -0.15) is 5.10 Å². The fourth-order valence-electron chi connectivity index (χ4n) is 2.56. The number of ether oxygens (including phenoxy) is 1. The quantitative estimate of drug-likeness (QED) is 0.922. The number of hydrogen-bond acceptors (Lipinski definition) is 4. The van der Waals surface area contributed by atoms with Crippen molar-refractivity contribution in [1.82, 2.24) is 25.0 Å². The lowest BCUT2D eigenvalue weighted by Gasteiger charge is -2.31. The molecule has 1 saturated heterocycles. The van der Waals surface area contributed by atoms with Gasteiger partial charge in [0.1, 0.15) is 12.7 Å². The van der Waals surface area contributed by atoms with Crippen LogP contribution in [0, 0.1) is 0 Å². The summed E-state index contributed by atoms with van der Waals surface area (Å²) in [5.74, 6) is 0. The summed E-state index contributed by atoms with van der Waals surface area (Å²) in [5.41, 5.74) is 2.22. The van der Waals surface area contributed by atoms with Crippen molar-refractivity contribution in [3.8, 4) is 0 Å². The van der Waals surface area contributed by atoms with Gasteiger partial charge in [-0.25, -0.2) is 14.5 Å². The molecule has 0 spiro atoms. The van der Waals surface area contributed by atoms with Crippen molar-refractivity contribution in [1.29, 1.82) is 0 Å². The van der Waals surface area contributed by atoms with Crippen molar-refractivity contribution in [2.24, 2.45) is 0 Å². The molecule has 0 radical (unpaired) electrons. The van der Waals surface area contributed by atoms with Gasteiger partial charge in [-0.1, -0.05) is 24.3 Å². The predicted molar refractivity (Wildman–Crippen MR) is 84.8 cm³/mol. The molecule has 122 valence electrons. The number of morpholine rings is 1. The molecule has 0 bridgehead atoms. The first-order chi connectivity index (χ1) is 11.2. The SMILES string of the molecule is C[C@H]1CN(C(=O)NCc2ccc(Cn3cncn3)cc2)CCO1. The van der Waals surface area contributed by atoms with Crippen LogP contribution in [0.5, 0.6) is 0 Å². The van der Waals surface area contributed by atoms with E-state index in [4.69, 9.17) is 4.74 Å². The van der Waals surface area contributed by atoms with E-state index in [1.54, 1.807) is 15.9 Å². The number of nitrogens with zero attached hydrogens (tertiary/aromatic N) is 4. The van der Waals surface area contributed by atoms with Crippen molar-refractivity contribution < 1.29 is 9.53 Å². The Morgan fingerprint density at radius 1 is 1.35 bits per heavy atom. The van der Waals surface area contributed by atoms with Gasteiger partial charge < -0.3 is 15.0 Å². The summed E-state index contributed by atoms with van der Waals surface area (Å²) >= 11 is 0. The van der Waals surface area contributed by atoms with Crippen LogP contribution in [-0.4, -0.2) is 51.5 Å². The molecule has 7 nitrogen and oxygen atoms in total. The molecule has 1 fully saturated rings. The lowest BCUT2D eigenvalue weighted by Crippen LogP contribution is -2.48. The van der Waals surface area contributed by atoms with E-state index in [1.807, 2.05) is 31.2 Å². The second-order valence-corrected chi connectivity index (χ2v) is 5.70. The van der Waals surface area contributed by atoms with E-state index in [2.05, 4.69) is 15.4 Å². The van der Waals surface area contributed by atoms with Crippen molar-refractivity contribution >= 4 is 6.03 Å². The van der Waals surface area contributed by atoms with Gasteiger partial charge in [-0.05, 0) is 18.1 Å². The Kier molecular flexibility index (Phi) is 4.87. The Labute approximate surface area is 135 Å². The van der Waals surface area contributed by atoms with Crippen LogP contribution in [0.3, 0.4) is 0 Å². The first-order valence-corrected chi connectivity index (χ1v) is 7.75. The number of nitrogens with one attached hydrogen (secondary N) is 1. The van der Waals surface area contributed by atoms with E-state index in [0.717, 1.165) is 11.1 Å². The third-order valence-electron chi connectivity index (χ3n) is 3.81. The van der Waals surface area contributed by atoms with Crippen LogP contribution in [0.4, 0.5) is 4.79 Å². The van der Waals surface area contributed by atoms with Crippen LogP contribution in [0.2, 0.25) is 0 Å². The smallest absolute Gasteiger partial charge is 0.317 e. The highest BCUT2D eigenvalue weighted by Crippen LogP contribution is 2.07. The van der Waals surface area contributed by atoms with E-state index in [-0.39, 0.29) is 12.1 Å². The number of amides is 2. The summed E-state index contributed by atoms with van der Waals surface area (Å²) in [7, 11) is 0. The first kappa shape index (κ1) is 15.5. The molecule has 1 N–H and O–H groups in total. The van der Waals surface area contributed by atoms with Crippen molar-refractivity contribution in [2.75, 3.05) is 19.7 Å².